The van der Waals surface area contributed by atoms with Gasteiger partial charge < -0.3 is 14.7 Å². The monoisotopic (exact) mass is 362 g/mol. The van der Waals surface area contributed by atoms with Gasteiger partial charge in [-0.1, -0.05) is 18.2 Å². The Labute approximate surface area is 156 Å². The van der Waals surface area contributed by atoms with Gasteiger partial charge in [-0.2, -0.15) is 0 Å². The molecule has 1 atom stereocenters. The minimum Gasteiger partial charge on any atom is -0.468 e. The molecule has 0 aliphatic rings. The van der Waals surface area contributed by atoms with E-state index in [9.17, 15) is 9.18 Å². The molecule has 0 aliphatic heterocycles. The minimum atomic E-state index is -0.309. The van der Waals surface area contributed by atoms with Gasteiger partial charge in [-0.05, 0) is 55.0 Å². The molecule has 0 fully saturated rings. The maximum Gasteiger partial charge on any atom is 0.179 e. The van der Waals surface area contributed by atoms with E-state index in [0.29, 0.717) is 11.3 Å². The molecule has 0 unspecified atom stereocenters. The molecule has 4 aromatic rings. The maximum atomic E-state index is 13.3. The van der Waals surface area contributed by atoms with Gasteiger partial charge in [0, 0.05) is 10.9 Å². The number of fused-ring (bicyclic) bond motifs is 1. The van der Waals surface area contributed by atoms with E-state index in [1.54, 1.807) is 18.4 Å². The van der Waals surface area contributed by atoms with Gasteiger partial charge in [0.05, 0.1) is 30.1 Å². The number of hydrogen-bond donors (Lipinski definition) is 2. The Morgan fingerprint density at radius 2 is 1.89 bits per heavy atom. The summed E-state index contributed by atoms with van der Waals surface area (Å²) >= 11 is 0. The summed E-state index contributed by atoms with van der Waals surface area (Å²) in [4.78, 5) is 16.4. The van der Waals surface area contributed by atoms with Crippen molar-refractivity contribution in [3.63, 3.8) is 0 Å². The van der Waals surface area contributed by atoms with Crippen molar-refractivity contribution in [3.8, 4) is 11.3 Å². The minimum absolute atomic E-state index is 0.0369. The number of rotatable bonds is 6. The van der Waals surface area contributed by atoms with Crippen LogP contribution in [0, 0.1) is 5.82 Å². The number of carbonyl (C=O) groups is 1. The van der Waals surface area contributed by atoms with E-state index < -0.39 is 0 Å². The first-order chi connectivity index (χ1) is 13.1. The molecule has 2 aromatic heterocycles. The second-order valence-electron chi connectivity index (χ2n) is 6.47. The van der Waals surface area contributed by atoms with Crippen LogP contribution in [0.25, 0.3) is 22.2 Å². The number of halogens is 1. The Morgan fingerprint density at radius 1 is 1.11 bits per heavy atom. The summed E-state index contributed by atoms with van der Waals surface area (Å²) in [5.41, 5.74) is 2.96. The fraction of sp³-hybridized carbons (Fsp3) is 0.136. The van der Waals surface area contributed by atoms with Crippen LogP contribution >= 0.6 is 0 Å². The molecule has 136 valence electrons. The summed E-state index contributed by atoms with van der Waals surface area (Å²) in [5.74, 6) is 0.433. The van der Waals surface area contributed by atoms with Crippen LogP contribution in [-0.4, -0.2) is 17.3 Å². The molecule has 2 heterocycles. The number of nitrogens with one attached hydrogen (secondary N) is 2. The summed E-state index contributed by atoms with van der Waals surface area (Å²) in [6.07, 6.45) is 1.61. The smallest absolute Gasteiger partial charge is 0.179 e. The zero-order valence-corrected chi connectivity index (χ0v) is 14.8. The van der Waals surface area contributed by atoms with Crippen LogP contribution in [0.1, 0.15) is 29.1 Å². The van der Waals surface area contributed by atoms with E-state index in [1.165, 1.54) is 12.1 Å². The van der Waals surface area contributed by atoms with Gasteiger partial charge >= 0.3 is 0 Å². The second kappa shape index (κ2) is 7.21. The van der Waals surface area contributed by atoms with Crippen molar-refractivity contribution < 1.29 is 13.6 Å². The van der Waals surface area contributed by atoms with Crippen molar-refractivity contribution in [2.75, 3.05) is 6.54 Å². The number of Topliss-reactive ketones (excluding diaryl/α,β-unsaturated/α-hetero) is 1. The fourth-order valence-corrected chi connectivity index (χ4v) is 3.24. The number of para-hydroxylation sites is 1. The molecule has 27 heavy (non-hydrogen) atoms. The Kier molecular flexibility index (Phi) is 4.60. The highest BCUT2D eigenvalue weighted by Crippen LogP contribution is 2.31. The lowest BCUT2D eigenvalue weighted by Gasteiger charge is -2.11. The Balaban J connectivity index is 1.68. The number of benzene rings is 2. The molecule has 0 radical (unpaired) electrons. The average molecular weight is 362 g/mol. The molecular formula is C22H19FN2O2. The number of aromatic nitrogens is 1. The summed E-state index contributed by atoms with van der Waals surface area (Å²) in [6, 6.07) is 17.4. The molecule has 0 bridgehead atoms. The van der Waals surface area contributed by atoms with Crippen LogP contribution in [0.3, 0.4) is 0 Å². The molecule has 0 spiro atoms. The number of H-pyrrole nitrogens is 1. The van der Waals surface area contributed by atoms with Gasteiger partial charge in [0.1, 0.15) is 11.6 Å². The number of aromatic amines is 1. The first kappa shape index (κ1) is 17.2. The molecule has 4 nitrogen and oxygen atoms in total. The van der Waals surface area contributed by atoms with E-state index in [4.69, 9.17) is 4.42 Å². The third kappa shape index (κ3) is 3.41. The van der Waals surface area contributed by atoms with Crippen LogP contribution in [-0.2, 0) is 0 Å². The predicted octanol–water partition coefficient (Wildman–Crippen LogP) is 5.10. The van der Waals surface area contributed by atoms with Crippen molar-refractivity contribution >= 4 is 16.7 Å². The average Bonchev–Trinajstić information content (AvgIpc) is 3.34. The summed E-state index contributed by atoms with van der Waals surface area (Å²) in [7, 11) is 0. The van der Waals surface area contributed by atoms with Gasteiger partial charge in [-0.15, -0.1) is 0 Å². The van der Waals surface area contributed by atoms with E-state index in [-0.39, 0.29) is 24.2 Å². The Morgan fingerprint density at radius 3 is 2.63 bits per heavy atom. The molecule has 0 saturated carbocycles. The standard InChI is InChI=1S/C22H19FN2O2/c1-14(20-7-4-12-27-20)24-13-19(26)21-17-5-2-3-6-18(17)25-22(21)15-8-10-16(23)11-9-15/h2-12,14,24-25H,13H2,1H3/t14-/m1/s1. The van der Waals surface area contributed by atoms with Crippen molar-refractivity contribution in [1.82, 2.24) is 10.3 Å². The highest BCUT2D eigenvalue weighted by Gasteiger charge is 2.20. The normalized spacial score (nSPS) is 12.4. The van der Waals surface area contributed by atoms with Crippen LogP contribution in [0.4, 0.5) is 4.39 Å². The predicted molar refractivity (Wildman–Crippen MR) is 103 cm³/mol. The summed E-state index contributed by atoms with van der Waals surface area (Å²) in [5, 5.41) is 4.06. The number of carbonyl (C=O) groups excluding carboxylic acids is 1. The Bertz CT molecular complexity index is 1070. The molecule has 0 aliphatic carbocycles. The number of furan rings is 1. The zero-order valence-electron chi connectivity index (χ0n) is 14.8. The van der Waals surface area contributed by atoms with Gasteiger partial charge in [-0.25, -0.2) is 4.39 Å². The highest BCUT2D eigenvalue weighted by molar-refractivity contribution is 6.14. The second-order valence-corrected chi connectivity index (χ2v) is 6.47. The van der Waals surface area contributed by atoms with Crippen LogP contribution in [0.5, 0.6) is 0 Å². The van der Waals surface area contributed by atoms with Crippen molar-refractivity contribution in [2.24, 2.45) is 0 Å². The topological polar surface area (TPSA) is 58.0 Å². The molecule has 4 rings (SSSR count). The molecule has 0 amide bonds. The molecule has 5 heteroatoms. The third-order valence-electron chi connectivity index (χ3n) is 4.66. The molecule has 2 N–H and O–H groups in total. The van der Waals surface area contributed by atoms with E-state index in [0.717, 1.165) is 22.2 Å². The molecular weight excluding hydrogens is 343 g/mol. The van der Waals surface area contributed by atoms with Crippen molar-refractivity contribution in [3.05, 3.63) is 84.1 Å². The summed E-state index contributed by atoms with van der Waals surface area (Å²) in [6.45, 7) is 2.11. The first-order valence-corrected chi connectivity index (χ1v) is 8.80. The lowest BCUT2D eigenvalue weighted by Crippen LogP contribution is -2.26. The lowest BCUT2D eigenvalue weighted by molar-refractivity contribution is 0.0989. The van der Waals surface area contributed by atoms with Crippen molar-refractivity contribution in [1.29, 1.82) is 0 Å². The largest absolute Gasteiger partial charge is 0.468 e. The summed E-state index contributed by atoms with van der Waals surface area (Å²) < 4.78 is 18.7. The van der Waals surface area contributed by atoms with E-state index in [1.807, 2.05) is 43.3 Å². The zero-order chi connectivity index (χ0) is 18.8. The molecule has 0 saturated heterocycles. The van der Waals surface area contributed by atoms with Gasteiger partial charge in [0.25, 0.3) is 0 Å². The number of hydrogen-bond acceptors (Lipinski definition) is 3. The van der Waals surface area contributed by atoms with Crippen LogP contribution in [0.2, 0.25) is 0 Å². The SMILES string of the molecule is C[C@@H](NCC(=O)c1c(-c2ccc(F)cc2)[nH]c2ccccc12)c1ccco1. The quantitative estimate of drug-likeness (QED) is 0.469. The fourth-order valence-electron chi connectivity index (χ4n) is 3.24. The van der Waals surface area contributed by atoms with Gasteiger partial charge in [0.2, 0.25) is 0 Å². The third-order valence-corrected chi connectivity index (χ3v) is 4.66. The lowest BCUT2D eigenvalue weighted by atomic mass is 10.0. The van der Waals surface area contributed by atoms with Gasteiger partial charge in [-0.3, -0.25) is 4.79 Å². The Hall–Kier alpha value is -3.18. The van der Waals surface area contributed by atoms with E-state index >= 15 is 0 Å². The van der Waals surface area contributed by atoms with E-state index in [2.05, 4.69) is 10.3 Å². The van der Waals surface area contributed by atoms with Gasteiger partial charge in [0.15, 0.2) is 5.78 Å². The van der Waals surface area contributed by atoms with Crippen molar-refractivity contribution in [2.45, 2.75) is 13.0 Å². The number of ketones is 1. The molecule has 2 aromatic carbocycles. The van der Waals surface area contributed by atoms with Crippen LogP contribution in [0.15, 0.2) is 71.3 Å². The highest BCUT2D eigenvalue weighted by atomic mass is 19.1. The van der Waals surface area contributed by atoms with Crippen LogP contribution < -0.4 is 5.32 Å². The first-order valence-electron chi connectivity index (χ1n) is 8.80. The maximum absolute atomic E-state index is 13.3.